The van der Waals surface area contributed by atoms with Crippen LogP contribution in [-0.2, 0) is 19.2 Å². The van der Waals surface area contributed by atoms with Crippen molar-refractivity contribution >= 4 is 17.9 Å². The molecule has 134 valence electrons. The molecule has 0 aromatic heterocycles. The van der Waals surface area contributed by atoms with Crippen molar-refractivity contribution in [2.45, 2.75) is 59.0 Å². The second-order valence-corrected chi connectivity index (χ2v) is 5.96. The molecule has 0 bridgehead atoms. The van der Waals surface area contributed by atoms with Gasteiger partial charge >= 0.3 is 6.09 Å². The molecule has 0 radical (unpaired) electrons. The first-order valence-corrected chi connectivity index (χ1v) is 7.88. The number of hydroxylamine groups is 1. The molecule has 0 fully saturated rings. The molecule has 0 aromatic rings. The van der Waals surface area contributed by atoms with Gasteiger partial charge in [0, 0.05) is 25.9 Å². The standard InChI is InChI=1S/C15H29N3O5/c1-5-12(19)17-10-8-13(20)16-9-6-7-11-22-18-14(21)23-15(2,3)4/h5-11H2,1-4H3,(H,16,20)(H,17,19)(H,18,21). The zero-order valence-corrected chi connectivity index (χ0v) is 14.5. The van der Waals surface area contributed by atoms with Gasteiger partial charge in [0.15, 0.2) is 0 Å². The van der Waals surface area contributed by atoms with Gasteiger partial charge in [0.2, 0.25) is 11.8 Å². The van der Waals surface area contributed by atoms with E-state index in [0.717, 1.165) is 6.42 Å². The third-order valence-corrected chi connectivity index (χ3v) is 2.55. The summed E-state index contributed by atoms with van der Waals surface area (Å²) in [7, 11) is 0. The maximum atomic E-state index is 11.5. The topological polar surface area (TPSA) is 106 Å². The van der Waals surface area contributed by atoms with Gasteiger partial charge in [-0.25, -0.2) is 4.79 Å². The third kappa shape index (κ3) is 14.9. The molecule has 0 aliphatic heterocycles. The van der Waals surface area contributed by atoms with Crippen molar-refractivity contribution in [3.63, 3.8) is 0 Å². The summed E-state index contributed by atoms with van der Waals surface area (Å²) < 4.78 is 5.00. The van der Waals surface area contributed by atoms with Crippen LogP contribution in [0.2, 0.25) is 0 Å². The number of rotatable bonds is 10. The van der Waals surface area contributed by atoms with E-state index < -0.39 is 11.7 Å². The first kappa shape index (κ1) is 21.2. The quantitative estimate of drug-likeness (QED) is 0.413. The number of carbonyl (C=O) groups is 3. The van der Waals surface area contributed by atoms with E-state index in [1.807, 2.05) is 0 Å². The summed E-state index contributed by atoms with van der Waals surface area (Å²) in [4.78, 5) is 38.7. The van der Waals surface area contributed by atoms with Crippen LogP contribution in [0.1, 0.15) is 53.4 Å². The Morgan fingerprint density at radius 3 is 2.22 bits per heavy atom. The lowest BCUT2D eigenvalue weighted by atomic mass is 10.2. The van der Waals surface area contributed by atoms with E-state index >= 15 is 0 Å². The maximum absolute atomic E-state index is 11.5. The van der Waals surface area contributed by atoms with E-state index in [1.54, 1.807) is 27.7 Å². The zero-order chi connectivity index (χ0) is 17.7. The van der Waals surface area contributed by atoms with Crippen molar-refractivity contribution in [1.82, 2.24) is 16.1 Å². The fraction of sp³-hybridized carbons (Fsp3) is 0.800. The van der Waals surface area contributed by atoms with Crippen LogP contribution in [0.3, 0.4) is 0 Å². The molecule has 3 N–H and O–H groups in total. The molecular formula is C15H29N3O5. The predicted molar refractivity (Wildman–Crippen MR) is 85.5 cm³/mol. The van der Waals surface area contributed by atoms with Crippen LogP contribution in [0.5, 0.6) is 0 Å². The van der Waals surface area contributed by atoms with Gasteiger partial charge in [0.1, 0.15) is 5.60 Å². The Bertz CT molecular complexity index is 380. The van der Waals surface area contributed by atoms with Gasteiger partial charge in [0.25, 0.3) is 0 Å². The Kier molecular flexibility index (Phi) is 10.8. The number of carbonyl (C=O) groups excluding carboxylic acids is 3. The third-order valence-electron chi connectivity index (χ3n) is 2.55. The minimum Gasteiger partial charge on any atom is -0.442 e. The average molecular weight is 331 g/mol. The van der Waals surface area contributed by atoms with E-state index in [9.17, 15) is 14.4 Å². The van der Waals surface area contributed by atoms with E-state index in [1.165, 1.54) is 0 Å². The fourth-order valence-corrected chi connectivity index (χ4v) is 1.46. The Balaban J connectivity index is 3.44. The molecule has 0 aromatic carbocycles. The normalized spacial score (nSPS) is 10.8. The van der Waals surface area contributed by atoms with Crippen LogP contribution in [0, 0.1) is 0 Å². The number of amides is 3. The van der Waals surface area contributed by atoms with Gasteiger partial charge in [-0.15, -0.1) is 0 Å². The monoisotopic (exact) mass is 331 g/mol. The first-order valence-electron chi connectivity index (χ1n) is 7.88. The molecule has 8 heteroatoms. The molecule has 0 rings (SSSR count). The van der Waals surface area contributed by atoms with Crippen molar-refractivity contribution in [1.29, 1.82) is 0 Å². The van der Waals surface area contributed by atoms with Crippen molar-refractivity contribution in [2.24, 2.45) is 0 Å². The van der Waals surface area contributed by atoms with Crippen LogP contribution >= 0.6 is 0 Å². The number of nitrogens with one attached hydrogen (secondary N) is 3. The summed E-state index contributed by atoms with van der Waals surface area (Å²) >= 11 is 0. The van der Waals surface area contributed by atoms with Crippen molar-refractivity contribution < 1.29 is 24.0 Å². The number of unbranched alkanes of at least 4 members (excludes halogenated alkanes) is 1. The summed E-state index contributed by atoms with van der Waals surface area (Å²) in [5.41, 5.74) is 1.63. The van der Waals surface area contributed by atoms with Gasteiger partial charge < -0.3 is 15.4 Å². The second kappa shape index (κ2) is 11.7. The zero-order valence-electron chi connectivity index (χ0n) is 14.5. The van der Waals surface area contributed by atoms with Gasteiger partial charge in [-0.3, -0.25) is 14.4 Å². The molecule has 0 saturated carbocycles. The summed E-state index contributed by atoms with van der Waals surface area (Å²) in [5, 5.41) is 5.38. The SMILES string of the molecule is CCC(=O)NCCC(=O)NCCCCONC(=O)OC(C)(C)C. The largest absolute Gasteiger partial charge is 0.442 e. The summed E-state index contributed by atoms with van der Waals surface area (Å²) in [6, 6.07) is 0. The molecule has 0 aliphatic carbocycles. The number of hydrogen-bond acceptors (Lipinski definition) is 5. The van der Waals surface area contributed by atoms with Crippen molar-refractivity contribution in [3.8, 4) is 0 Å². The molecule has 0 unspecified atom stereocenters. The predicted octanol–water partition coefficient (Wildman–Crippen LogP) is 1.26. The van der Waals surface area contributed by atoms with E-state index in [4.69, 9.17) is 9.57 Å². The maximum Gasteiger partial charge on any atom is 0.431 e. The molecule has 0 atom stereocenters. The lowest BCUT2D eigenvalue weighted by Gasteiger charge is -2.19. The highest BCUT2D eigenvalue weighted by atomic mass is 16.7. The summed E-state index contributed by atoms with van der Waals surface area (Å²) in [6.07, 6.45) is 1.47. The van der Waals surface area contributed by atoms with Crippen LogP contribution in [0.15, 0.2) is 0 Å². The number of ether oxygens (including phenoxy) is 1. The van der Waals surface area contributed by atoms with Crippen LogP contribution in [0.25, 0.3) is 0 Å². The summed E-state index contributed by atoms with van der Waals surface area (Å²) in [5.74, 6) is -0.165. The van der Waals surface area contributed by atoms with E-state index in [2.05, 4.69) is 16.1 Å². The van der Waals surface area contributed by atoms with Gasteiger partial charge in [-0.2, -0.15) is 5.48 Å². The molecule has 3 amide bonds. The molecular weight excluding hydrogens is 302 g/mol. The molecule has 23 heavy (non-hydrogen) atoms. The lowest BCUT2D eigenvalue weighted by molar-refractivity contribution is -0.122. The van der Waals surface area contributed by atoms with Crippen LogP contribution in [0.4, 0.5) is 4.79 Å². The Hall–Kier alpha value is -1.83. The van der Waals surface area contributed by atoms with Crippen LogP contribution in [-0.4, -0.2) is 43.2 Å². The highest BCUT2D eigenvalue weighted by molar-refractivity contribution is 5.78. The van der Waals surface area contributed by atoms with Gasteiger partial charge in [-0.1, -0.05) is 6.92 Å². The Labute approximate surface area is 137 Å². The first-order chi connectivity index (χ1) is 10.7. The fourth-order valence-electron chi connectivity index (χ4n) is 1.46. The van der Waals surface area contributed by atoms with E-state index in [0.29, 0.717) is 32.5 Å². The molecule has 0 aliphatic rings. The highest BCUT2D eigenvalue weighted by Gasteiger charge is 2.15. The summed E-state index contributed by atoms with van der Waals surface area (Å²) in [6.45, 7) is 8.27. The lowest BCUT2D eigenvalue weighted by Crippen LogP contribution is -2.33. The molecule has 0 heterocycles. The molecule has 8 nitrogen and oxygen atoms in total. The Morgan fingerprint density at radius 2 is 1.61 bits per heavy atom. The minimum atomic E-state index is -0.625. The second-order valence-electron chi connectivity index (χ2n) is 5.96. The number of hydrogen-bond donors (Lipinski definition) is 3. The van der Waals surface area contributed by atoms with Crippen molar-refractivity contribution in [2.75, 3.05) is 19.7 Å². The van der Waals surface area contributed by atoms with Gasteiger partial charge in [-0.05, 0) is 33.6 Å². The minimum absolute atomic E-state index is 0.0626. The molecule has 0 spiro atoms. The molecule has 0 saturated heterocycles. The van der Waals surface area contributed by atoms with Gasteiger partial charge in [0.05, 0.1) is 6.61 Å². The average Bonchev–Trinajstić information content (AvgIpc) is 2.44. The van der Waals surface area contributed by atoms with E-state index in [-0.39, 0.29) is 18.2 Å². The van der Waals surface area contributed by atoms with Crippen molar-refractivity contribution in [3.05, 3.63) is 0 Å². The Morgan fingerprint density at radius 1 is 0.957 bits per heavy atom. The highest BCUT2D eigenvalue weighted by Crippen LogP contribution is 2.06. The smallest absolute Gasteiger partial charge is 0.431 e. The van der Waals surface area contributed by atoms with Crippen LogP contribution < -0.4 is 16.1 Å².